The fraction of sp³-hybridized carbons (Fsp3) is 0.333. The van der Waals surface area contributed by atoms with Crippen molar-refractivity contribution < 1.29 is 14.0 Å². The van der Waals surface area contributed by atoms with E-state index >= 15 is 0 Å². The van der Waals surface area contributed by atoms with Gasteiger partial charge in [0.2, 0.25) is 11.9 Å². The van der Waals surface area contributed by atoms with Crippen molar-refractivity contribution in [2.45, 2.75) is 18.9 Å². The molecule has 136 valence electrons. The second-order valence-corrected chi connectivity index (χ2v) is 6.09. The minimum atomic E-state index is -0.414. The predicted octanol–water partition coefficient (Wildman–Crippen LogP) is 1.13. The van der Waals surface area contributed by atoms with Crippen molar-refractivity contribution >= 4 is 17.8 Å². The molecule has 1 aliphatic rings. The van der Waals surface area contributed by atoms with Crippen molar-refractivity contribution in [3.8, 4) is 0 Å². The molecule has 7 nitrogen and oxygen atoms in total. The molecule has 0 bridgehead atoms. The number of aromatic nitrogens is 2. The summed E-state index contributed by atoms with van der Waals surface area (Å²) >= 11 is 0. The maximum Gasteiger partial charge on any atom is 0.251 e. The molecule has 26 heavy (non-hydrogen) atoms. The van der Waals surface area contributed by atoms with Crippen molar-refractivity contribution in [1.29, 1.82) is 0 Å². The van der Waals surface area contributed by atoms with Gasteiger partial charge in [0.05, 0.1) is 6.54 Å². The highest BCUT2D eigenvalue weighted by atomic mass is 19.1. The van der Waals surface area contributed by atoms with Gasteiger partial charge in [-0.1, -0.05) is 0 Å². The molecule has 0 saturated carbocycles. The van der Waals surface area contributed by atoms with E-state index in [1.54, 1.807) is 18.5 Å². The Bertz CT molecular complexity index is 754. The quantitative estimate of drug-likeness (QED) is 0.838. The number of hydrogen-bond donors (Lipinski definition) is 2. The third-order valence-corrected chi connectivity index (χ3v) is 4.14. The lowest BCUT2D eigenvalue weighted by atomic mass is 10.1. The first-order chi connectivity index (χ1) is 12.6. The van der Waals surface area contributed by atoms with Gasteiger partial charge in [-0.3, -0.25) is 9.59 Å². The highest BCUT2D eigenvalue weighted by Crippen LogP contribution is 2.15. The van der Waals surface area contributed by atoms with Crippen LogP contribution in [0.15, 0.2) is 42.7 Å². The lowest BCUT2D eigenvalue weighted by molar-refractivity contribution is -0.120. The molecule has 0 unspecified atom stereocenters. The molecule has 2 heterocycles. The highest BCUT2D eigenvalue weighted by Gasteiger charge is 2.23. The average Bonchev–Trinajstić information content (AvgIpc) is 2.67. The summed E-state index contributed by atoms with van der Waals surface area (Å²) in [6, 6.07) is 6.90. The van der Waals surface area contributed by atoms with Crippen LogP contribution in [0, 0.1) is 5.82 Å². The summed E-state index contributed by atoms with van der Waals surface area (Å²) in [7, 11) is 0. The Labute approximate surface area is 150 Å². The van der Waals surface area contributed by atoms with E-state index in [-0.39, 0.29) is 18.5 Å². The van der Waals surface area contributed by atoms with Gasteiger partial charge >= 0.3 is 0 Å². The third kappa shape index (κ3) is 4.75. The molecule has 1 aromatic carbocycles. The zero-order chi connectivity index (χ0) is 18.4. The number of hydrogen-bond acceptors (Lipinski definition) is 5. The van der Waals surface area contributed by atoms with Crippen LogP contribution in [0.25, 0.3) is 0 Å². The molecule has 3 rings (SSSR count). The molecule has 1 aliphatic heterocycles. The van der Waals surface area contributed by atoms with E-state index < -0.39 is 11.7 Å². The van der Waals surface area contributed by atoms with Crippen LogP contribution in [0.2, 0.25) is 0 Å². The van der Waals surface area contributed by atoms with Gasteiger partial charge in [0.25, 0.3) is 5.91 Å². The van der Waals surface area contributed by atoms with Crippen LogP contribution in [0.1, 0.15) is 23.2 Å². The molecule has 0 spiro atoms. The Balaban J connectivity index is 1.47. The molecule has 1 saturated heterocycles. The number of rotatable bonds is 5. The maximum absolute atomic E-state index is 12.9. The Kier molecular flexibility index (Phi) is 5.73. The van der Waals surface area contributed by atoms with E-state index in [4.69, 9.17) is 0 Å². The molecule has 1 fully saturated rings. The van der Waals surface area contributed by atoms with Gasteiger partial charge < -0.3 is 15.5 Å². The van der Waals surface area contributed by atoms with Gasteiger partial charge in [0.1, 0.15) is 5.82 Å². The van der Waals surface area contributed by atoms with Crippen LogP contribution in [-0.2, 0) is 4.79 Å². The first kappa shape index (κ1) is 17.8. The van der Waals surface area contributed by atoms with Crippen LogP contribution in [-0.4, -0.2) is 47.5 Å². The highest BCUT2D eigenvalue weighted by molar-refractivity contribution is 5.96. The number of piperidine rings is 1. The van der Waals surface area contributed by atoms with E-state index in [0.29, 0.717) is 18.1 Å². The molecule has 2 N–H and O–H groups in total. The number of benzene rings is 1. The minimum absolute atomic E-state index is 0.0252. The van der Waals surface area contributed by atoms with Crippen LogP contribution >= 0.6 is 0 Å². The van der Waals surface area contributed by atoms with E-state index in [0.717, 1.165) is 19.4 Å². The molecule has 2 amide bonds. The smallest absolute Gasteiger partial charge is 0.251 e. The fourth-order valence-electron chi connectivity index (χ4n) is 2.87. The fourth-order valence-corrected chi connectivity index (χ4v) is 2.87. The van der Waals surface area contributed by atoms with Crippen molar-refractivity contribution in [3.63, 3.8) is 0 Å². The van der Waals surface area contributed by atoms with Crippen LogP contribution in [0.3, 0.4) is 0 Å². The second-order valence-electron chi connectivity index (χ2n) is 6.09. The normalized spacial score (nSPS) is 16.8. The molecule has 1 aromatic heterocycles. The SMILES string of the molecule is O=C(CNC(=O)c1ccc(F)cc1)N[C@@H]1CCCN(c2ncccn2)C1. The minimum Gasteiger partial charge on any atom is -0.350 e. The second kappa shape index (κ2) is 8.37. The maximum atomic E-state index is 12.9. The summed E-state index contributed by atoms with van der Waals surface area (Å²) < 4.78 is 12.9. The van der Waals surface area contributed by atoms with Gasteiger partial charge in [0, 0.05) is 37.1 Å². The Morgan fingerprint density at radius 2 is 1.92 bits per heavy atom. The summed E-state index contributed by atoms with van der Waals surface area (Å²) in [5.74, 6) is -0.441. The van der Waals surface area contributed by atoms with Crippen LogP contribution < -0.4 is 15.5 Å². The van der Waals surface area contributed by atoms with Crippen molar-refractivity contribution in [3.05, 3.63) is 54.1 Å². The average molecular weight is 357 g/mol. The number of amides is 2. The topological polar surface area (TPSA) is 87.2 Å². The van der Waals surface area contributed by atoms with Gasteiger partial charge in [-0.05, 0) is 43.2 Å². The van der Waals surface area contributed by atoms with Crippen molar-refractivity contribution in [2.24, 2.45) is 0 Å². The zero-order valence-electron chi connectivity index (χ0n) is 14.2. The van der Waals surface area contributed by atoms with Gasteiger partial charge in [-0.25, -0.2) is 14.4 Å². The van der Waals surface area contributed by atoms with E-state index in [2.05, 4.69) is 20.6 Å². The number of carbonyl (C=O) groups is 2. The first-order valence-corrected chi connectivity index (χ1v) is 8.47. The summed E-state index contributed by atoms with van der Waals surface area (Å²) in [5.41, 5.74) is 0.310. The summed E-state index contributed by atoms with van der Waals surface area (Å²) in [5, 5.41) is 5.46. The Morgan fingerprint density at radius 3 is 2.65 bits per heavy atom. The van der Waals surface area contributed by atoms with Crippen molar-refractivity contribution in [2.75, 3.05) is 24.5 Å². The number of carbonyl (C=O) groups excluding carboxylic acids is 2. The molecule has 0 radical (unpaired) electrons. The summed E-state index contributed by atoms with van der Waals surface area (Å²) in [6.45, 7) is 1.34. The number of nitrogens with one attached hydrogen (secondary N) is 2. The molecular formula is C18H20FN5O2. The number of nitrogens with zero attached hydrogens (tertiary/aromatic N) is 3. The number of anilines is 1. The number of halogens is 1. The largest absolute Gasteiger partial charge is 0.350 e. The monoisotopic (exact) mass is 357 g/mol. The molecule has 8 heteroatoms. The lowest BCUT2D eigenvalue weighted by Crippen LogP contribution is -2.50. The summed E-state index contributed by atoms with van der Waals surface area (Å²) in [4.78, 5) is 34.6. The Hall–Kier alpha value is -3.03. The van der Waals surface area contributed by atoms with Crippen LogP contribution in [0.5, 0.6) is 0 Å². The van der Waals surface area contributed by atoms with E-state index in [1.165, 1.54) is 24.3 Å². The van der Waals surface area contributed by atoms with Crippen LogP contribution in [0.4, 0.5) is 10.3 Å². The van der Waals surface area contributed by atoms with E-state index in [1.807, 2.05) is 4.90 Å². The van der Waals surface area contributed by atoms with Crippen molar-refractivity contribution in [1.82, 2.24) is 20.6 Å². The van der Waals surface area contributed by atoms with Gasteiger partial charge in [-0.15, -0.1) is 0 Å². The molecule has 2 aromatic rings. The van der Waals surface area contributed by atoms with Gasteiger partial charge in [-0.2, -0.15) is 0 Å². The summed E-state index contributed by atoms with van der Waals surface area (Å²) in [6.07, 6.45) is 5.16. The predicted molar refractivity (Wildman–Crippen MR) is 94.1 cm³/mol. The standard InChI is InChI=1S/C18H20FN5O2/c19-14-6-4-13(5-7-14)17(26)22-11-16(25)23-15-3-1-10-24(12-15)18-20-8-2-9-21-18/h2,4-9,15H,1,3,10-12H2,(H,22,26)(H,23,25)/t15-/m1/s1. The van der Waals surface area contributed by atoms with E-state index in [9.17, 15) is 14.0 Å². The third-order valence-electron chi connectivity index (χ3n) is 4.14. The molecule has 0 aliphatic carbocycles. The zero-order valence-corrected chi connectivity index (χ0v) is 14.2. The molecular weight excluding hydrogens is 337 g/mol. The Morgan fingerprint density at radius 1 is 1.19 bits per heavy atom. The van der Waals surface area contributed by atoms with Gasteiger partial charge in [0.15, 0.2) is 0 Å². The molecule has 1 atom stereocenters. The lowest BCUT2D eigenvalue weighted by Gasteiger charge is -2.33. The first-order valence-electron chi connectivity index (χ1n) is 8.47.